The van der Waals surface area contributed by atoms with Crippen LogP contribution in [0.1, 0.15) is 36.5 Å². The van der Waals surface area contributed by atoms with Gasteiger partial charge in [-0.05, 0) is 55.5 Å². The third-order valence-corrected chi connectivity index (χ3v) is 5.85. The lowest BCUT2D eigenvalue weighted by molar-refractivity contribution is -0.138. The van der Waals surface area contributed by atoms with Gasteiger partial charge in [-0.1, -0.05) is 36.4 Å². The second kappa shape index (κ2) is 13.3. The Bertz CT molecular complexity index is 905. The Kier molecular flexibility index (Phi) is 10.8. The average molecular weight is 495 g/mol. The second-order valence-electron chi connectivity index (χ2n) is 8.29. The first-order valence-corrected chi connectivity index (χ1v) is 12.0. The number of rotatable bonds is 13. The minimum atomic E-state index is -0.985. The number of aryl methyl sites for hydroxylation is 2. The number of alkyl halides is 2. The van der Waals surface area contributed by atoms with Gasteiger partial charge in [-0.15, -0.1) is 23.2 Å². The van der Waals surface area contributed by atoms with Crippen molar-refractivity contribution in [2.75, 3.05) is 29.7 Å². The second-order valence-corrected chi connectivity index (χ2v) is 9.05. The van der Waals surface area contributed by atoms with Crippen molar-refractivity contribution in [3.8, 4) is 0 Å². The summed E-state index contributed by atoms with van der Waals surface area (Å²) < 4.78 is 5.31. The molecule has 0 aliphatic heterocycles. The summed E-state index contributed by atoms with van der Waals surface area (Å²) in [4.78, 5) is 26.1. The summed E-state index contributed by atoms with van der Waals surface area (Å²) in [5, 5.41) is 12.2. The lowest BCUT2D eigenvalue weighted by Crippen LogP contribution is -2.48. The smallest absolute Gasteiger partial charge is 0.407 e. The van der Waals surface area contributed by atoms with E-state index in [0.717, 1.165) is 22.4 Å². The van der Waals surface area contributed by atoms with Crippen molar-refractivity contribution < 1.29 is 19.4 Å². The molecular weight excluding hydrogens is 463 g/mol. The highest BCUT2D eigenvalue weighted by Gasteiger charge is 2.30. The van der Waals surface area contributed by atoms with Crippen LogP contribution < -0.4 is 10.2 Å². The van der Waals surface area contributed by atoms with E-state index in [2.05, 4.69) is 16.3 Å². The zero-order valence-corrected chi connectivity index (χ0v) is 20.7. The van der Waals surface area contributed by atoms with Crippen LogP contribution in [0.15, 0.2) is 48.5 Å². The number of anilines is 1. The van der Waals surface area contributed by atoms with Crippen molar-refractivity contribution in [1.82, 2.24) is 5.32 Å². The molecule has 0 saturated carbocycles. The van der Waals surface area contributed by atoms with Gasteiger partial charge in [-0.3, -0.25) is 4.79 Å². The standard InChI is InChI=1S/C25H32Cl2N2O4/c1-19-8-9-22(29(14-12-26)15-13-27)16-21(19)10-11-25(2,17-23(30)31)28-24(32)33-18-20-6-4-3-5-7-20/h3-9,16H,10-15,17-18H2,1-2H3,(H,28,32)(H,30,31)/t25-/m0/s1. The van der Waals surface area contributed by atoms with E-state index in [0.29, 0.717) is 37.7 Å². The molecule has 0 aromatic heterocycles. The maximum Gasteiger partial charge on any atom is 0.407 e. The summed E-state index contributed by atoms with van der Waals surface area (Å²) >= 11 is 11.9. The third kappa shape index (κ3) is 9.14. The van der Waals surface area contributed by atoms with Crippen LogP contribution in [0.5, 0.6) is 0 Å². The van der Waals surface area contributed by atoms with Gasteiger partial charge in [0, 0.05) is 30.5 Å². The SMILES string of the molecule is Cc1ccc(N(CCCl)CCCl)cc1CC[C@@](C)(CC(=O)O)NC(=O)OCc1ccccc1. The number of carbonyl (C=O) groups is 2. The highest BCUT2D eigenvalue weighted by Crippen LogP contribution is 2.25. The number of carboxylic acids is 1. The zero-order chi connectivity index (χ0) is 24.3. The van der Waals surface area contributed by atoms with Crippen LogP contribution in [0.2, 0.25) is 0 Å². The van der Waals surface area contributed by atoms with Crippen molar-refractivity contribution in [2.24, 2.45) is 0 Å². The van der Waals surface area contributed by atoms with E-state index in [-0.39, 0.29) is 13.0 Å². The van der Waals surface area contributed by atoms with Gasteiger partial charge in [0.1, 0.15) is 6.61 Å². The summed E-state index contributed by atoms with van der Waals surface area (Å²) in [6.45, 7) is 5.23. The van der Waals surface area contributed by atoms with Crippen LogP contribution in [-0.4, -0.2) is 47.6 Å². The maximum atomic E-state index is 12.4. The molecule has 1 atom stereocenters. The van der Waals surface area contributed by atoms with Gasteiger partial charge in [0.05, 0.1) is 12.0 Å². The van der Waals surface area contributed by atoms with Crippen molar-refractivity contribution in [3.05, 3.63) is 65.2 Å². The fourth-order valence-corrected chi connectivity index (χ4v) is 4.05. The van der Waals surface area contributed by atoms with Crippen LogP contribution in [0.4, 0.5) is 10.5 Å². The monoisotopic (exact) mass is 494 g/mol. The minimum absolute atomic E-state index is 0.119. The van der Waals surface area contributed by atoms with Crippen molar-refractivity contribution in [1.29, 1.82) is 0 Å². The lowest BCUT2D eigenvalue weighted by Gasteiger charge is -2.30. The molecule has 0 heterocycles. The molecule has 6 nitrogen and oxygen atoms in total. The Morgan fingerprint density at radius 2 is 1.76 bits per heavy atom. The Morgan fingerprint density at radius 1 is 1.09 bits per heavy atom. The molecule has 0 spiro atoms. The molecule has 33 heavy (non-hydrogen) atoms. The van der Waals surface area contributed by atoms with Crippen LogP contribution >= 0.6 is 23.2 Å². The molecule has 0 saturated heterocycles. The molecule has 0 radical (unpaired) electrons. The summed E-state index contributed by atoms with van der Waals surface area (Å²) in [5.41, 5.74) is 3.09. The van der Waals surface area contributed by atoms with Gasteiger partial charge in [0.25, 0.3) is 0 Å². The maximum absolute atomic E-state index is 12.4. The van der Waals surface area contributed by atoms with Crippen LogP contribution in [-0.2, 0) is 22.6 Å². The van der Waals surface area contributed by atoms with E-state index in [1.165, 1.54) is 0 Å². The molecule has 0 bridgehead atoms. The fraction of sp³-hybridized carbons (Fsp3) is 0.440. The molecule has 8 heteroatoms. The molecule has 2 rings (SSSR count). The van der Waals surface area contributed by atoms with E-state index >= 15 is 0 Å². The lowest BCUT2D eigenvalue weighted by atomic mass is 9.89. The summed E-state index contributed by atoms with van der Waals surface area (Å²) in [6, 6.07) is 15.5. The van der Waals surface area contributed by atoms with Gasteiger partial charge < -0.3 is 20.1 Å². The van der Waals surface area contributed by atoms with Crippen LogP contribution in [0, 0.1) is 6.92 Å². The summed E-state index contributed by atoms with van der Waals surface area (Å²) in [6.07, 6.45) is 0.188. The number of nitrogens with zero attached hydrogens (tertiary/aromatic N) is 1. The Labute approximate surface area is 205 Å². The Hall–Kier alpha value is -2.44. The number of alkyl carbamates (subject to hydrolysis) is 1. The van der Waals surface area contributed by atoms with E-state index < -0.39 is 17.6 Å². The van der Waals surface area contributed by atoms with Gasteiger partial charge in [-0.25, -0.2) is 4.79 Å². The number of amides is 1. The largest absolute Gasteiger partial charge is 0.481 e. The van der Waals surface area contributed by atoms with Crippen molar-refractivity contribution >= 4 is 41.0 Å². The Balaban J connectivity index is 2.08. The summed E-state index contributed by atoms with van der Waals surface area (Å²) in [7, 11) is 0. The number of benzene rings is 2. The molecule has 2 aromatic rings. The fourth-order valence-electron chi connectivity index (χ4n) is 3.64. The van der Waals surface area contributed by atoms with Crippen molar-refractivity contribution in [2.45, 2.75) is 45.3 Å². The van der Waals surface area contributed by atoms with Gasteiger partial charge in [0.2, 0.25) is 0 Å². The molecule has 1 amide bonds. The predicted molar refractivity (Wildman–Crippen MR) is 134 cm³/mol. The number of ether oxygens (including phenoxy) is 1. The molecule has 0 fully saturated rings. The Morgan fingerprint density at radius 3 is 2.36 bits per heavy atom. The molecule has 180 valence electrons. The number of aliphatic carboxylic acids is 1. The zero-order valence-electron chi connectivity index (χ0n) is 19.2. The first-order chi connectivity index (χ1) is 15.8. The van der Waals surface area contributed by atoms with E-state index in [4.69, 9.17) is 27.9 Å². The topological polar surface area (TPSA) is 78.9 Å². The number of carboxylic acid groups (broad SMARTS) is 1. The van der Waals surface area contributed by atoms with Crippen molar-refractivity contribution in [3.63, 3.8) is 0 Å². The summed E-state index contributed by atoms with van der Waals surface area (Å²) in [5.74, 6) is -0.000788. The van der Waals surface area contributed by atoms with Crippen LogP contribution in [0.25, 0.3) is 0 Å². The quantitative estimate of drug-likeness (QED) is 0.365. The first-order valence-electron chi connectivity index (χ1n) is 10.9. The number of carbonyl (C=O) groups excluding carboxylic acids is 1. The van der Waals surface area contributed by atoms with E-state index in [1.54, 1.807) is 6.92 Å². The highest BCUT2D eigenvalue weighted by molar-refractivity contribution is 6.18. The average Bonchev–Trinajstić information content (AvgIpc) is 2.77. The van der Waals surface area contributed by atoms with Gasteiger partial charge in [-0.2, -0.15) is 0 Å². The highest BCUT2D eigenvalue weighted by atomic mass is 35.5. The van der Waals surface area contributed by atoms with E-state index in [9.17, 15) is 14.7 Å². The first kappa shape index (κ1) is 26.8. The van der Waals surface area contributed by atoms with E-state index in [1.807, 2.05) is 49.4 Å². The van der Waals surface area contributed by atoms with Gasteiger partial charge in [0.15, 0.2) is 0 Å². The predicted octanol–water partition coefficient (Wildman–Crippen LogP) is 5.37. The number of halogens is 2. The third-order valence-electron chi connectivity index (χ3n) is 5.51. The molecule has 0 aliphatic carbocycles. The minimum Gasteiger partial charge on any atom is -0.481 e. The van der Waals surface area contributed by atoms with Gasteiger partial charge >= 0.3 is 12.1 Å². The molecular formula is C25H32Cl2N2O4. The molecule has 0 aliphatic rings. The molecule has 2 aromatic carbocycles. The normalized spacial score (nSPS) is 12.6. The number of nitrogens with one attached hydrogen (secondary N) is 1. The number of hydrogen-bond acceptors (Lipinski definition) is 4. The van der Waals surface area contributed by atoms with Crippen LogP contribution in [0.3, 0.4) is 0 Å². The number of hydrogen-bond donors (Lipinski definition) is 2. The molecule has 0 unspecified atom stereocenters. The molecule has 2 N–H and O–H groups in total.